The number of piperazine rings is 1. The summed E-state index contributed by atoms with van der Waals surface area (Å²) in [5.41, 5.74) is 0.0766. The monoisotopic (exact) mass is 393 g/mol. The molecule has 0 bridgehead atoms. The van der Waals surface area contributed by atoms with Crippen LogP contribution in [0.4, 0.5) is 11.4 Å². The summed E-state index contributed by atoms with van der Waals surface area (Å²) in [6, 6.07) is 7.23. The van der Waals surface area contributed by atoms with Gasteiger partial charge in [-0.1, -0.05) is 0 Å². The zero-order valence-corrected chi connectivity index (χ0v) is 15.7. The van der Waals surface area contributed by atoms with Crippen LogP contribution >= 0.6 is 0 Å². The third kappa shape index (κ3) is 3.95. The standard InChI is InChI=1S/C17H19N3O6S/c1-12-3-6-16(26-12)17(21)19-9-7-18(8-10-19)14-5-4-13(27(2,24)25)11-15(14)20(22)23/h3-6,11H,7-10H2,1-2H3. The Morgan fingerprint density at radius 3 is 2.33 bits per heavy atom. The first-order valence-corrected chi connectivity index (χ1v) is 10.1. The van der Waals surface area contributed by atoms with Gasteiger partial charge in [-0.2, -0.15) is 0 Å². The van der Waals surface area contributed by atoms with Crippen LogP contribution in [0.5, 0.6) is 0 Å². The van der Waals surface area contributed by atoms with Gasteiger partial charge in [0, 0.05) is 38.5 Å². The Labute approximate surface area is 156 Å². The lowest BCUT2D eigenvalue weighted by atomic mass is 10.2. The van der Waals surface area contributed by atoms with Crippen LogP contribution in [0.3, 0.4) is 0 Å². The summed E-state index contributed by atoms with van der Waals surface area (Å²) in [5, 5.41) is 11.4. The minimum Gasteiger partial charge on any atom is -0.456 e. The molecule has 1 aliphatic rings. The highest BCUT2D eigenvalue weighted by atomic mass is 32.2. The third-order valence-electron chi connectivity index (χ3n) is 4.43. The molecule has 0 N–H and O–H groups in total. The van der Waals surface area contributed by atoms with Crippen molar-refractivity contribution in [3.63, 3.8) is 0 Å². The summed E-state index contributed by atoms with van der Waals surface area (Å²) < 4.78 is 28.7. The number of rotatable bonds is 4. The minimum absolute atomic E-state index is 0.0973. The zero-order valence-electron chi connectivity index (χ0n) is 14.9. The van der Waals surface area contributed by atoms with E-state index in [-0.39, 0.29) is 22.3 Å². The molecule has 1 amide bonds. The van der Waals surface area contributed by atoms with Gasteiger partial charge in [0.2, 0.25) is 0 Å². The number of sulfone groups is 1. The Hall–Kier alpha value is -2.88. The average Bonchev–Trinajstić information content (AvgIpc) is 3.06. The van der Waals surface area contributed by atoms with Crippen molar-refractivity contribution in [1.82, 2.24) is 4.90 Å². The molecule has 3 rings (SSSR count). The summed E-state index contributed by atoms with van der Waals surface area (Å²) in [7, 11) is -3.54. The highest BCUT2D eigenvalue weighted by Crippen LogP contribution is 2.31. The van der Waals surface area contributed by atoms with Crippen molar-refractivity contribution in [3.05, 3.63) is 52.0 Å². The summed E-state index contributed by atoms with van der Waals surface area (Å²) >= 11 is 0. The Morgan fingerprint density at radius 2 is 1.81 bits per heavy atom. The van der Waals surface area contributed by atoms with Crippen LogP contribution in [0.15, 0.2) is 39.6 Å². The second-order valence-corrected chi connectivity index (χ2v) is 8.39. The van der Waals surface area contributed by atoms with E-state index < -0.39 is 14.8 Å². The second-order valence-electron chi connectivity index (χ2n) is 6.37. The maximum Gasteiger partial charge on any atom is 0.293 e. The van der Waals surface area contributed by atoms with E-state index in [0.717, 1.165) is 12.3 Å². The van der Waals surface area contributed by atoms with Crippen LogP contribution in [0.25, 0.3) is 0 Å². The number of hydrogen-bond acceptors (Lipinski definition) is 7. The average molecular weight is 393 g/mol. The highest BCUT2D eigenvalue weighted by molar-refractivity contribution is 7.90. The van der Waals surface area contributed by atoms with Gasteiger partial charge in [-0.15, -0.1) is 0 Å². The number of benzene rings is 1. The van der Waals surface area contributed by atoms with E-state index in [0.29, 0.717) is 37.6 Å². The molecule has 1 aliphatic heterocycles. The molecular weight excluding hydrogens is 374 g/mol. The molecule has 0 radical (unpaired) electrons. The van der Waals surface area contributed by atoms with Crippen molar-refractivity contribution in [3.8, 4) is 0 Å². The molecule has 1 fully saturated rings. The van der Waals surface area contributed by atoms with Crippen molar-refractivity contribution in [1.29, 1.82) is 0 Å². The Kier molecular flexibility index (Phi) is 4.92. The fraction of sp³-hybridized carbons (Fsp3) is 0.353. The van der Waals surface area contributed by atoms with Crippen LogP contribution in [0.1, 0.15) is 16.3 Å². The molecule has 0 atom stereocenters. The largest absolute Gasteiger partial charge is 0.456 e. The van der Waals surface area contributed by atoms with Crippen LogP contribution in [0, 0.1) is 17.0 Å². The first-order chi connectivity index (χ1) is 12.7. The second kappa shape index (κ2) is 7.03. The number of furan rings is 1. The first kappa shape index (κ1) is 18.9. The SMILES string of the molecule is Cc1ccc(C(=O)N2CCN(c3ccc(S(C)(=O)=O)cc3[N+](=O)[O-])CC2)o1. The molecule has 0 saturated carbocycles. The maximum atomic E-state index is 12.4. The number of carbonyl (C=O) groups excluding carboxylic acids is 1. The van der Waals surface area contributed by atoms with Crippen molar-refractivity contribution >= 4 is 27.1 Å². The fourth-order valence-electron chi connectivity index (χ4n) is 3.00. The first-order valence-electron chi connectivity index (χ1n) is 8.26. The Bertz CT molecular complexity index is 990. The van der Waals surface area contributed by atoms with Crippen molar-refractivity contribution in [2.75, 3.05) is 37.3 Å². The minimum atomic E-state index is -3.54. The quantitative estimate of drug-likeness (QED) is 0.575. The molecule has 1 aromatic carbocycles. The molecule has 9 nitrogen and oxygen atoms in total. The number of amides is 1. The predicted molar refractivity (Wildman–Crippen MR) is 97.8 cm³/mol. The molecule has 2 heterocycles. The normalized spacial score (nSPS) is 15.0. The van der Waals surface area contributed by atoms with Crippen LogP contribution < -0.4 is 4.90 Å². The lowest BCUT2D eigenvalue weighted by Crippen LogP contribution is -2.48. The molecule has 144 valence electrons. The molecule has 27 heavy (non-hydrogen) atoms. The topological polar surface area (TPSA) is 114 Å². The van der Waals surface area contributed by atoms with Gasteiger partial charge in [0.1, 0.15) is 11.4 Å². The fourth-order valence-corrected chi connectivity index (χ4v) is 3.64. The number of carbonyl (C=O) groups is 1. The molecule has 0 aliphatic carbocycles. The molecule has 10 heteroatoms. The molecule has 0 spiro atoms. The summed E-state index contributed by atoms with van der Waals surface area (Å²) in [4.78, 5) is 26.6. The van der Waals surface area contributed by atoms with E-state index in [1.807, 2.05) is 0 Å². The van der Waals surface area contributed by atoms with E-state index in [1.165, 1.54) is 12.1 Å². The van der Waals surface area contributed by atoms with Crippen LogP contribution in [-0.4, -0.2) is 56.6 Å². The predicted octanol–water partition coefficient (Wildman–Crippen LogP) is 1.86. The van der Waals surface area contributed by atoms with E-state index in [4.69, 9.17) is 4.42 Å². The number of nitro benzene ring substituents is 1. The number of nitrogens with zero attached hydrogens (tertiary/aromatic N) is 3. The Morgan fingerprint density at radius 1 is 1.15 bits per heavy atom. The molecular formula is C17H19N3O6S. The number of nitro groups is 1. The van der Waals surface area contributed by atoms with E-state index in [2.05, 4.69) is 0 Å². The number of aryl methyl sites for hydroxylation is 1. The number of anilines is 1. The third-order valence-corrected chi connectivity index (χ3v) is 5.54. The van der Waals surface area contributed by atoms with Crippen molar-refractivity contribution < 1.29 is 22.6 Å². The lowest BCUT2D eigenvalue weighted by Gasteiger charge is -2.35. The molecule has 1 saturated heterocycles. The van der Waals surface area contributed by atoms with Gasteiger partial charge in [-0.3, -0.25) is 14.9 Å². The summed E-state index contributed by atoms with van der Waals surface area (Å²) in [6.45, 7) is 3.30. The van der Waals surface area contributed by atoms with Gasteiger partial charge in [-0.05, 0) is 31.2 Å². The van der Waals surface area contributed by atoms with Gasteiger partial charge >= 0.3 is 0 Å². The molecule has 0 unspecified atom stereocenters. The van der Waals surface area contributed by atoms with Crippen LogP contribution in [-0.2, 0) is 9.84 Å². The van der Waals surface area contributed by atoms with Gasteiger partial charge in [0.05, 0.1) is 9.82 Å². The van der Waals surface area contributed by atoms with E-state index >= 15 is 0 Å². The van der Waals surface area contributed by atoms with E-state index in [9.17, 15) is 23.3 Å². The summed E-state index contributed by atoms with van der Waals surface area (Å²) in [5.74, 6) is 0.702. The van der Waals surface area contributed by atoms with Gasteiger partial charge in [0.15, 0.2) is 15.6 Å². The maximum absolute atomic E-state index is 12.4. The van der Waals surface area contributed by atoms with Crippen LogP contribution in [0.2, 0.25) is 0 Å². The summed E-state index contributed by atoms with van der Waals surface area (Å²) in [6.07, 6.45) is 1.01. The van der Waals surface area contributed by atoms with Gasteiger partial charge in [0.25, 0.3) is 11.6 Å². The molecule has 1 aromatic heterocycles. The van der Waals surface area contributed by atoms with Gasteiger partial charge < -0.3 is 14.2 Å². The smallest absolute Gasteiger partial charge is 0.293 e. The number of hydrogen-bond donors (Lipinski definition) is 0. The molecule has 2 aromatic rings. The van der Waals surface area contributed by atoms with E-state index in [1.54, 1.807) is 28.9 Å². The van der Waals surface area contributed by atoms with Gasteiger partial charge in [-0.25, -0.2) is 8.42 Å². The highest BCUT2D eigenvalue weighted by Gasteiger charge is 2.28. The van der Waals surface area contributed by atoms with Crippen molar-refractivity contribution in [2.24, 2.45) is 0 Å². The lowest BCUT2D eigenvalue weighted by molar-refractivity contribution is -0.384. The Balaban J connectivity index is 1.78. The zero-order chi connectivity index (χ0) is 19.8. The van der Waals surface area contributed by atoms with Crippen molar-refractivity contribution in [2.45, 2.75) is 11.8 Å².